The zero-order valence-corrected chi connectivity index (χ0v) is 10.2. The molecule has 0 radical (unpaired) electrons. The largest absolute Gasteiger partial charge is 0.289 e. The fraction of sp³-hybridized carbons (Fsp3) is 1.00. The van der Waals surface area contributed by atoms with E-state index in [-0.39, 0.29) is 0 Å². The molecule has 1 unspecified atom stereocenters. The molecule has 0 spiro atoms. The van der Waals surface area contributed by atoms with E-state index >= 15 is 0 Å². The van der Waals surface area contributed by atoms with Crippen LogP contribution in [0.2, 0.25) is 0 Å². The number of nitrogens with zero attached hydrogens (tertiary/aromatic N) is 1. The van der Waals surface area contributed by atoms with Crippen LogP contribution in [0.15, 0.2) is 0 Å². The van der Waals surface area contributed by atoms with Crippen LogP contribution in [0.3, 0.4) is 0 Å². The van der Waals surface area contributed by atoms with E-state index in [1.165, 1.54) is 24.5 Å². The van der Waals surface area contributed by atoms with Crippen LogP contribution in [0.4, 0.5) is 0 Å². The van der Waals surface area contributed by atoms with Gasteiger partial charge in [0.25, 0.3) is 0 Å². The summed E-state index contributed by atoms with van der Waals surface area (Å²) in [5, 5.41) is 0. The van der Waals surface area contributed by atoms with Gasteiger partial charge in [-0.1, -0.05) is 13.8 Å². The van der Waals surface area contributed by atoms with E-state index in [4.69, 9.17) is 0 Å². The molecule has 13 heavy (non-hydrogen) atoms. The van der Waals surface area contributed by atoms with Crippen LogP contribution in [-0.2, 0) is 0 Å². The summed E-state index contributed by atoms with van der Waals surface area (Å²) in [7, 11) is 0. The maximum Gasteiger partial charge on any atom is 0.0450 e. The predicted molar refractivity (Wildman–Crippen MR) is 62.2 cm³/mol. The van der Waals surface area contributed by atoms with Gasteiger partial charge in [-0.25, -0.2) is 0 Å². The quantitative estimate of drug-likeness (QED) is 0.675. The van der Waals surface area contributed by atoms with Gasteiger partial charge < -0.3 is 0 Å². The summed E-state index contributed by atoms with van der Waals surface area (Å²) in [6, 6.07) is 1.52. The van der Waals surface area contributed by atoms with Gasteiger partial charge in [-0.2, -0.15) is 0 Å². The van der Waals surface area contributed by atoms with E-state index in [1.54, 1.807) is 0 Å². The molecule has 1 atom stereocenters. The van der Waals surface area contributed by atoms with Crippen molar-refractivity contribution in [1.29, 1.82) is 0 Å². The van der Waals surface area contributed by atoms with Crippen molar-refractivity contribution < 1.29 is 0 Å². The van der Waals surface area contributed by atoms with Gasteiger partial charge in [-0.3, -0.25) is 4.90 Å². The Hall–Kier alpha value is 0.310. The molecule has 1 aliphatic rings. The molecule has 1 aliphatic heterocycles. The van der Waals surface area contributed by atoms with Crippen molar-refractivity contribution in [2.24, 2.45) is 5.92 Å². The molecule has 1 rings (SSSR count). The van der Waals surface area contributed by atoms with Crippen molar-refractivity contribution in [1.82, 2.24) is 4.90 Å². The Kier molecular flexibility index (Phi) is 4.60. The molecule has 2 heteroatoms. The minimum absolute atomic E-state index is 0.706. The lowest BCUT2D eigenvalue weighted by molar-refractivity contribution is 0.139. The molecule has 78 valence electrons. The van der Waals surface area contributed by atoms with Crippen molar-refractivity contribution in [2.45, 2.75) is 52.6 Å². The Labute approximate surface area is 87.3 Å². The lowest BCUT2D eigenvalue weighted by atomic mass is 9.97. The van der Waals surface area contributed by atoms with E-state index in [0.29, 0.717) is 6.04 Å². The Morgan fingerprint density at radius 1 is 1.23 bits per heavy atom. The lowest BCUT2D eigenvalue weighted by Gasteiger charge is -2.35. The summed E-state index contributed by atoms with van der Waals surface area (Å²) in [6.45, 7) is 9.36. The lowest BCUT2D eigenvalue weighted by Crippen LogP contribution is -2.42. The molecule has 1 saturated heterocycles. The summed E-state index contributed by atoms with van der Waals surface area (Å²) in [4.78, 5) is 2.67. The van der Waals surface area contributed by atoms with Gasteiger partial charge in [0.2, 0.25) is 0 Å². The van der Waals surface area contributed by atoms with Crippen LogP contribution in [0, 0.1) is 5.92 Å². The molecule has 0 aromatic heterocycles. The highest BCUT2D eigenvalue weighted by atomic mass is 32.2. The van der Waals surface area contributed by atoms with Gasteiger partial charge in [-0.15, -0.1) is 11.8 Å². The Bertz CT molecular complexity index is 129. The van der Waals surface area contributed by atoms with Gasteiger partial charge in [-0.05, 0) is 38.4 Å². The zero-order chi connectivity index (χ0) is 9.84. The maximum atomic E-state index is 2.67. The van der Waals surface area contributed by atoms with Crippen molar-refractivity contribution in [3.05, 3.63) is 0 Å². The van der Waals surface area contributed by atoms with E-state index in [0.717, 1.165) is 12.0 Å². The topological polar surface area (TPSA) is 3.24 Å². The summed E-state index contributed by atoms with van der Waals surface area (Å²) >= 11 is 2.10. The van der Waals surface area contributed by atoms with Crippen LogP contribution < -0.4 is 0 Å². The van der Waals surface area contributed by atoms with Crippen molar-refractivity contribution >= 4 is 11.8 Å². The monoisotopic (exact) mass is 201 g/mol. The van der Waals surface area contributed by atoms with Crippen molar-refractivity contribution in [3.8, 4) is 0 Å². The number of rotatable bonds is 2. The molecule has 0 saturated carbocycles. The van der Waals surface area contributed by atoms with E-state index in [1.807, 2.05) is 0 Å². The smallest absolute Gasteiger partial charge is 0.0450 e. The average Bonchev–Trinajstić information content (AvgIpc) is 2.27. The van der Waals surface area contributed by atoms with Crippen molar-refractivity contribution in [3.63, 3.8) is 0 Å². The molecule has 0 aromatic carbocycles. The molecular weight excluding hydrogens is 178 g/mol. The number of hydrogen-bond acceptors (Lipinski definition) is 2. The van der Waals surface area contributed by atoms with E-state index < -0.39 is 0 Å². The first-order valence-electron chi connectivity index (χ1n) is 5.46. The molecule has 0 aromatic rings. The summed E-state index contributed by atoms with van der Waals surface area (Å²) in [5.41, 5.74) is 0. The first-order chi connectivity index (χ1) is 6.13. The van der Waals surface area contributed by atoms with Gasteiger partial charge in [0.1, 0.15) is 0 Å². The molecule has 0 aliphatic carbocycles. The van der Waals surface area contributed by atoms with Gasteiger partial charge in [0, 0.05) is 18.0 Å². The maximum absolute atomic E-state index is 2.67. The highest BCUT2D eigenvalue weighted by molar-refractivity contribution is 7.99. The van der Waals surface area contributed by atoms with E-state index in [2.05, 4.69) is 44.4 Å². The third-order valence-electron chi connectivity index (χ3n) is 2.89. The molecule has 1 fully saturated rings. The molecule has 1 heterocycles. The van der Waals surface area contributed by atoms with Gasteiger partial charge >= 0.3 is 0 Å². The fourth-order valence-electron chi connectivity index (χ4n) is 2.07. The third-order valence-corrected chi connectivity index (χ3v) is 3.95. The Balaban J connectivity index is 2.61. The number of thioether (sulfide) groups is 1. The fourth-order valence-corrected chi connectivity index (χ4v) is 3.27. The standard InChI is InChI=1S/C11H23NS/c1-9(2)11-6-5-7-13-8-12(11)10(3)4/h9-11H,5-8H2,1-4H3. The number of hydrogen-bond donors (Lipinski definition) is 0. The Morgan fingerprint density at radius 3 is 2.46 bits per heavy atom. The first kappa shape index (κ1) is 11.4. The minimum atomic E-state index is 0.706. The summed E-state index contributed by atoms with van der Waals surface area (Å²) in [6.07, 6.45) is 2.79. The summed E-state index contributed by atoms with van der Waals surface area (Å²) in [5.74, 6) is 3.40. The third kappa shape index (κ3) is 3.17. The van der Waals surface area contributed by atoms with Crippen LogP contribution in [0.5, 0.6) is 0 Å². The van der Waals surface area contributed by atoms with Gasteiger partial charge in [0.15, 0.2) is 0 Å². The molecule has 0 N–H and O–H groups in total. The second-order valence-electron chi connectivity index (χ2n) is 4.60. The highest BCUT2D eigenvalue weighted by Crippen LogP contribution is 2.26. The highest BCUT2D eigenvalue weighted by Gasteiger charge is 2.25. The van der Waals surface area contributed by atoms with Crippen LogP contribution in [0.1, 0.15) is 40.5 Å². The molecule has 1 nitrogen and oxygen atoms in total. The van der Waals surface area contributed by atoms with Crippen LogP contribution in [0.25, 0.3) is 0 Å². The molecule has 0 amide bonds. The second-order valence-corrected chi connectivity index (χ2v) is 5.67. The first-order valence-corrected chi connectivity index (χ1v) is 6.62. The van der Waals surface area contributed by atoms with Crippen LogP contribution >= 0.6 is 11.8 Å². The average molecular weight is 201 g/mol. The normalized spacial score (nSPS) is 26.8. The van der Waals surface area contributed by atoms with Gasteiger partial charge in [0.05, 0.1) is 0 Å². The zero-order valence-electron chi connectivity index (χ0n) is 9.42. The predicted octanol–water partition coefficient (Wildman–Crippen LogP) is 3.21. The van der Waals surface area contributed by atoms with Crippen LogP contribution in [-0.4, -0.2) is 28.6 Å². The second kappa shape index (κ2) is 5.26. The minimum Gasteiger partial charge on any atom is -0.289 e. The molecule has 0 bridgehead atoms. The molecular formula is C11H23NS. The Morgan fingerprint density at radius 2 is 1.92 bits per heavy atom. The SMILES string of the molecule is CC(C)C1CCCSCN1C(C)C. The van der Waals surface area contributed by atoms with E-state index in [9.17, 15) is 0 Å². The summed E-state index contributed by atoms with van der Waals surface area (Å²) < 4.78 is 0. The van der Waals surface area contributed by atoms with Crippen molar-refractivity contribution in [2.75, 3.05) is 11.6 Å².